The highest BCUT2D eigenvalue weighted by Gasteiger charge is 2.67. The zero-order chi connectivity index (χ0) is 92.2. The van der Waals surface area contributed by atoms with E-state index in [1.165, 1.54) is 62.1 Å². The van der Waals surface area contributed by atoms with E-state index in [1.807, 2.05) is 59.7 Å². The van der Waals surface area contributed by atoms with Gasteiger partial charge in [-0.2, -0.15) is 0 Å². The summed E-state index contributed by atoms with van der Waals surface area (Å²) in [6.07, 6.45) is -0.0407. The first-order chi connectivity index (χ1) is 58.4. The summed E-state index contributed by atoms with van der Waals surface area (Å²) in [5.41, 5.74) is 17.9. The van der Waals surface area contributed by atoms with Gasteiger partial charge in [0, 0.05) is 31.8 Å². The largest absolute Gasteiger partial charge is 0.507 e. The van der Waals surface area contributed by atoms with E-state index >= 15 is 0 Å². The Labute approximate surface area is 733 Å². The van der Waals surface area contributed by atoms with Crippen molar-refractivity contribution in [3.63, 3.8) is 0 Å². The van der Waals surface area contributed by atoms with Gasteiger partial charge in [-0.05, 0) is 154 Å². The van der Waals surface area contributed by atoms with Crippen molar-refractivity contribution in [1.29, 1.82) is 0 Å². The summed E-state index contributed by atoms with van der Waals surface area (Å²) in [5.74, 6) is -9.37. The molecule has 0 aliphatic carbocycles. The van der Waals surface area contributed by atoms with Gasteiger partial charge in [-0.3, -0.25) is 43.2 Å². The standard InChI is InChI=1S/C23H16O6.3C22H29N3O6S/c24-20-16(14-7-3-1-5-12(14)9-18(20)22(26)27)11-17-15-8-4-2-6-13(15)10-19(21(17)25)23(28)29;3*1-21(2,3)20(29)31-11-30-19(28)15-22(4,5)32-18-14(17(27)25(15)18)24-16(26)13(23)12-9-7-6-8-10-12/h1-10,24-25H,11H2,(H,26,27)(H,28,29);3*6-10,13-15,18H,11,23H2,1-5H3,(H,24,26)/t;3*13-,14-,15+,18-/m.111/s1. The van der Waals surface area contributed by atoms with E-state index in [1.54, 1.807) is 184 Å². The minimum Gasteiger partial charge on any atom is -0.507 e. The van der Waals surface area contributed by atoms with Crippen LogP contribution >= 0.6 is 35.3 Å². The number of rotatable bonds is 22. The van der Waals surface area contributed by atoms with Crippen LogP contribution in [-0.4, -0.2) is 205 Å². The SMILES string of the molecule is CC(C)(C)C(=O)OCOC(=O)[C@@H]1N2C(=O)[C@@H](NC(=O)[C@H](N)c3ccccc3)[C@H]2SC1(C)C.CC(C)(C)C(=O)OCOC(=O)[C@@H]1N2C(=O)[C@@H](NC(=O)[C@H](N)c3ccccc3)[C@H]2SC1(C)C.CC(C)(C)C(=O)OCOC(=O)[C@@H]1N2C(=O)[C@@H](NC(=O)[C@H](N)c3ccccc3)[C@H]2SC1(C)C.O=C(O)c1cc2ccccc2c(Cc2c(O)c(C(=O)O)cc3ccccc23)c1O. The van der Waals surface area contributed by atoms with E-state index in [-0.39, 0.29) is 35.3 Å². The molecule has 666 valence electrons. The molecule has 0 radical (unpaired) electrons. The van der Waals surface area contributed by atoms with E-state index in [4.69, 9.17) is 45.6 Å². The number of nitrogens with zero attached hydrogens (tertiary/aromatic N) is 3. The third-order valence-electron chi connectivity index (χ3n) is 21.3. The first-order valence-electron chi connectivity index (χ1n) is 39.7. The number of β-lactam (4-membered cyclic amide) rings is 3. The maximum absolute atomic E-state index is 12.8. The molecular formula is C89H103N9O24S3. The molecule has 0 aromatic heterocycles. The molecule has 13 N–H and O–H groups in total. The molecule has 6 aliphatic heterocycles. The molecule has 0 spiro atoms. The third-order valence-corrected chi connectivity index (χ3v) is 26.0. The van der Waals surface area contributed by atoms with Crippen molar-refractivity contribution < 1.29 is 116 Å². The number of benzene rings is 7. The molecule has 6 amide bonds. The summed E-state index contributed by atoms with van der Waals surface area (Å²) in [6, 6.07) is 35.7. The number of thioether (sulfide) groups is 3. The highest BCUT2D eigenvalue weighted by atomic mass is 32.2. The van der Waals surface area contributed by atoms with Gasteiger partial charge in [-0.25, -0.2) is 24.0 Å². The summed E-state index contributed by atoms with van der Waals surface area (Å²) in [7, 11) is 0. The number of phenols is 2. The predicted molar refractivity (Wildman–Crippen MR) is 462 cm³/mol. The van der Waals surface area contributed by atoms with Gasteiger partial charge in [0.25, 0.3) is 0 Å². The molecule has 12 atom stereocenters. The van der Waals surface area contributed by atoms with Crippen LogP contribution in [0.5, 0.6) is 11.5 Å². The van der Waals surface area contributed by atoms with Gasteiger partial charge in [-0.1, -0.05) is 140 Å². The number of aromatic carboxylic acids is 2. The van der Waals surface area contributed by atoms with Crippen LogP contribution in [0.4, 0.5) is 0 Å². The van der Waals surface area contributed by atoms with Crippen molar-refractivity contribution in [2.45, 2.75) is 195 Å². The molecule has 0 bridgehead atoms. The maximum Gasteiger partial charge on any atom is 0.339 e. The summed E-state index contributed by atoms with van der Waals surface area (Å²) in [4.78, 5) is 177. The van der Waals surface area contributed by atoms with E-state index in [2.05, 4.69) is 16.0 Å². The number of carbonyl (C=O) groups is 14. The fourth-order valence-electron chi connectivity index (χ4n) is 14.5. The number of amides is 6. The molecule has 125 heavy (non-hydrogen) atoms. The number of hydrogen-bond donors (Lipinski definition) is 10. The Morgan fingerprint density at radius 2 is 0.632 bits per heavy atom. The Kier molecular flexibility index (Phi) is 29.0. The molecule has 7 aromatic rings. The average Bonchev–Trinajstić information content (AvgIpc) is 1.57. The highest BCUT2D eigenvalue weighted by molar-refractivity contribution is 8.02. The molecule has 6 saturated heterocycles. The second kappa shape index (κ2) is 37.9. The zero-order valence-electron chi connectivity index (χ0n) is 71.4. The monoisotopic (exact) mass is 1780 g/mol. The summed E-state index contributed by atoms with van der Waals surface area (Å²) < 4.78 is 28.4. The summed E-state index contributed by atoms with van der Waals surface area (Å²) in [5, 5.41) is 49.7. The molecular weight excluding hydrogens is 1680 g/mol. The summed E-state index contributed by atoms with van der Waals surface area (Å²) in [6.45, 7) is 24.6. The number of ether oxygens (including phenoxy) is 6. The van der Waals surface area contributed by atoms with Crippen LogP contribution in [0.2, 0.25) is 0 Å². The molecule has 0 saturated carbocycles. The minimum atomic E-state index is -1.28. The van der Waals surface area contributed by atoms with Crippen LogP contribution in [0.1, 0.15) is 171 Å². The van der Waals surface area contributed by atoms with Crippen molar-refractivity contribution >= 4 is 140 Å². The Hall–Kier alpha value is -11.8. The van der Waals surface area contributed by atoms with Gasteiger partial charge in [0.05, 0.1) is 16.2 Å². The lowest BCUT2D eigenvalue weighted by molar-refractivity contribution is -0.181. The maximum atomic E-state index is 12.8. The van der Waals surface area contributed by atoms with E-state index in [0.29, 0.717) is 49.4 Å². The van der Waals surface area contributed by atoms with E-state index in [9.17, 15) is 87.5 Å². The van der Waals surface area contributed by atoms with Gasteiger partial charge in [0.15, 0.2) is 0 Å². The fourth-order valence-corrected chi connectivity index (χ4v) is 19.4. The quantitative estimate of drug-likeness (QED) is 0.0132. The van der Waals surface area contributed by atoms with Crippen LogP contribution in [0, 0.1) is 16.2 Å². The average molecular weight is 1780 g/mol. The third kappa shape index (κ3) is 20.9. The second-order valence-electron chi connectivity index (χ2n) is 34.9. The molecule has 6 fully saturated rings. The smallest absolute Gasteiger partial charge is 0.339 e. The molecule has 0 unspecified atom stereocenters. The molecule has 13 rings (SSSR count). The fraction of sp³-hybridized carbons (Fsp3) is 0.416. The van der Waals surface area contributed by atoms with Gasteiger partial charge in [0.2, 0.25) is 55.8 Å². The zero-order valence-corrected chi connectivity index (χ0v) is 73.9. The number of esters is 6. The van der Waals surface area contributed by atoms with E-state index in [0.717, 1.165) is 0 Å². The van der Waals surface area contributed by atoms with Gasteiger partial charge < -0.3 is 96.7 Å². The van der Waals surface area contributed by atoms with Crippen LogP contribution in [0.15, 0.2) is 152 Å². The number of aromatic hydroxyl groups is 2. The van der Waals surface area contributed by atoms with Gasteiger partial charge >= 0.3 is 47.8 Å². The first-order valence-corrected chi connectivity index (χ1v) is 42.3. The highest BCUT2D eigenvalue weighted by Crippen LogP contribution is 2.54. The number of carboxylic acids is 2. The second-order valence-corrected chi connectivity index (χ2v) is 40.2. The van der Waals surface area contributed by atoms with Crippen LogP contribution < -0.4 is 33.2 Å². The van der Waals surface area contributed by atoms with Gasteiger partial charge in [0.1, 0.15) is 93.1 Å². The first kappa shape index (κ1) is 95.4. The van der Waals surface area contributed by atoms with Crippen LogP contribution in [0.25, 0.3) is 21.5 Å². The Balaban J connectivity index is 0.000000174. The minimum absolute atomic E-state index is 0.0407. The summed E-state index contributed by atoms with van der Waals surface area (Å²) >= 11 is 4.20. The Bertz CT molecular complexity index is 4890. The molecule has 6 heterocycles. The molecule has 6 aliphatic rings. The Morgan fingerprint density at radius 1 is 0.392 bits per heavy atom. The number of carbonyl (C=O) groups excluding carboxylic acids is 12. The van der Waals surface area contributed by atoms with Crippen molar-refractivity contribution in [2.24, 2.45) is 33.4 Å². The molecule has 33 nitrogen and oxygen atoms in total. The van der Waals surface area contributed by atoms with Crippen molar-refractivity contribution in [2.75, 3.05) is 20.4 Å². The lowest BCUT2D eigenvalue weighted by atomic mass is 9.90. The topological polar surface area (TPSA) is 499 Å². The normalized spacial score (nSPS) is 21.6. The predicted octanol–water partition coefficient (Wildman–Crippen LogP) is 8.36. The van der Waals surface area contributed by atoms with Gasteiger partial charge in [-0.15, -0.1) is 35.3 Å². The molecule has 36 heteroatoms. The lowest BCUT2D eigenvalue weighted by Crippen LogP contribution is -2.71. The number of carboxylic acid groups (broad SMARTS) is 2. The van der Waals surface area contributed by atoms with Crippen molar-refractivity contribution in [3.05, 3.63) is 191 Å². The Morgan fingerprint density at radius 3 is 0.872 bits per heavy atom. The van der Waals surface area contributed by atoms with Crippen LogP contribution in [-0.2, 0) is 92.4 Å². The van der Waals surface area contributed by atoms with Crippen molar-refractivity contribution in [1.82, 2.24) is 30.7 Å². The number of nitrogens with one attached hydrogen (secondary N) is 3. The van der Waals surface area contributed by atoms with Crippen LogP contribution in [0.3, 0.4) is 0 Å². The molecule has 7 aromatic carbocycles. The number of fused-ring (bicyclic) bond motifs is 5. The van der Waals surface area contributed by atoms with Crippen molar-refractivity contribution in [3.8, 4) is 11.5 Å². The lowest BCUT2D eigenvalue weighted by Gasteiger charge is -2.44. The van der Waals surface area contributed by atoms with E-state index < -0.39 is 198 Å². The number of nitrogens with two attached hydrogens (primary N) is 3. The number of hydrogen-bond acceptors (Lipinski definition) is 28.